The van der Waals surface area contributed by atoms with Crippen molar-refractivity contribution in [1.82, 2.24) is 4.98 Å². The van der Waals surface area contributed by atoms with Gasteiger partial charge in [0.2, 0.25) is 5.91 Å². The lowest BCUT2D eigenvalue weighted by Gasteiger charge is -2.36. The molecule has 1 aliphatic heterocycles. The number of fused-ring (bicyclic) bond motifs is 1. The standard InChI is InChI=1S/C22H27BrN4O2/c1-14-12-27(13-15(2)29-14)20-6-5-19(11-25-20)26-21(28)22(24)8-7-16-9-18(23)4-3-17(16)10-22/h3-6,9,11,14-15H,7-8,10,12-13,24H2,1-2H3,(H,26,28). The number of aromatic nitrogens is 1. The SMILES string of the molecule is CC1CN(c2ccc(NC(=O)C3(N)CCc4cc(Br)ccc4C3)cn2)CC(C)O1. The number of halogens is 1. The van der Waals surface area contributed by atoms with Crippen LogP contribution in [0.2, 0.25) is 0 Å². The van der Waals surface area contributed by atoms with Crippen LogP contribution in [0.3, 0.4) is 0 Å². The van der Waals surface area contributed by atoms with Crippen LogP contribution < -0.4 is 16.0 Å². The number of nitrogens with zero attached hydrogens (tertiary/aromatic N) is 2. The molecular weight excluding hydrogens is 432 g/mol. The molecule has 0 saturated carbocycles. The van der Waals surface area contributed by atoms with Crippen LogP contribution in [0, 0.1) is 0 Å². The normalized spacial score (nSPS) is 26.7. The third-order valence-electron chi connectivity index (χ3n) is 5.72. The summed E-state index contributed by atoms with van der Waals surface area (Å²) in [5, 5.41) is 2.96. The van der Waals surface area contributed by atoms with Gasteiger partial charge in [0, 0.05) is 17.6 Å². The van der Waals surface area contributed by atoms with Crippen LogP contribution in [0.5, 0.6) is 0 Å². The molecule has 1 fully saturated rings. The molecule has 1 aromatic carbocycles. The molecule has 4 rings (SSSR count). The topological polar surface area (TPSA) is 80.5 Å². The van der Waals surface area contributed by atoms with Gasteiger partial charge in [-0.25, -0.2) is 4.98 Å². The molecule has 1 saturated heterocycles. The number of amides is 1. The highest BCUT2D eigenvalue weighted by atomic mass is 79.9. The van der Waals surface area contributed by atoms with Crippen molar-refractivity contribution in [2.45, 2.75) is 50.9 Å². The number of anilines is 2. The Morgan fingerprint density at radius 2 is 2.00 bits per heavy atom. The molecule has 1 aromatic heterocycles. The highest BCUT2D eigenvalue weighted by Crippen LogP contribution is 2.30. The van der Waals surface area contributed by atoms with Crippen molar-refractivity contribution in [3.63, 3.8) is 0 Å². The van der Waals surface area contributed by atoms with Crippen molar-refractivity contribution < 1.29 is 9.53 Å². The van der Waals surface area contributed by atoms with E-state index in [0.717, 1.165) is 35.4 Å². The lowest BCUT2D eigenvalue weighted by Crippen LogP contribution is -2.54. The van der Waals surface area contributed by atoms with Crippen LogP contribution in [0.4, 0.5) is 11.5 Å². The van der Waals surface area contributed by atoms with E-state index in [1.54, 1.807) is 6.20 Å². The van der Waals surface area contributed by atoms with Gasteiger partial charge in [-0.2, -0.15) is 0 Å². The van der Waals surface area contributed by atoms with Crippen molar-refractivity contribution >= 4 is 33.3 Å². The molecule has 0 radical (unpaired) electrons. The number of pyridine rings is 1. The van der Waals surface area contributed by atoms with Gasteiger partial charge in [0.15, 0.2) is 0 Å². The minimum atomic E-state index is -0.908. The van der Waals surface area contributed by atoms with Gasteiger partial charge in [-0.1, -0.05) is 22.0 Å². The number of hydrogen-bond acceptors (Lipinski definition) is 5. The molecule has 1 aliphatic carbocycles. The average Bonchev–Trinajstić information content (AvgIpc) is 2.68. The molecule has 2 aliphatic rings. The summed E-state index contributed by atoms with van der Waals surface area (Å²) in [5.41, 5.74) is 8.67. The maximum absolute atomic E-state index is 12.9. The minimum absolute atomic E-state index is 0.158. The van der Waals surface area contributed by atoms with Gasteiger partial charge in [0.25, 0.3) is 0 Å². The monoisotopic (exact) mass is 458 g/mol. The summed E-state index contributed by atoms with van der Waals surface area (Å²) in [6, 6.07) is 9.99. The number of nitrogens with two attached hydrogens (primary N) is 1. The second kappa shape index (κ2) is 8.05. The molecule has 2 heterocycles. The van der Waals surface area contributed by atoms with Gasteiger partial charge < -0.3 is 20.7 Å². The van der Waals surface area contributed by atoms with Gasteiger partial charge in [-0.05, 0) is 68.5 Å². The smallest absolute Gasteiger partial charge is 0.244 e. The van der Waals surface area contributed by atoms with Gasteiger partial charge in [-0.3, -0.25) is 4.79 Å². The first-order valence-electron chi connectivity index (χ1n) is 10.1. The summed E-state index contributed by atoms with van der Waals surface area (Å²) < 4.78 is 6.84. The van der Waals surface area contributed by atoms with Crippen molar-refractivity contribution in [3.8, 4) is 0 Å². The second-order valence-corrected chi connectivity index (χ2v) is 9.18. The van der Waals surface area contributed by atoms with E-state index in [1.807, 2.05) is 24.3 Å². The summed E-state index contributed by atoms with van der Waals surface area (Å²) in [6.45, 7) is 5.76. The molecule has 2 aromatic rings. The summed E-state index contributed by atoms with van der Waals surface area (Å²) in [4.78, 5) is 19.7. The second-order valence-electron chi connectivity index (χ2n) is 8.27. The number of rotatable bonds is 3. The van der Waals surface area contributed by atoms with Gasteiger partial charge >= 0.3 is 0 Å². The van der Waals surface area contributed by atoms with Crippen LogP contribution >= 0.6 is 15.9 Å². The number of ether oxygens (including phenoxy) is 1. The molecule has 3 unspecified atom stereocenters. The summed E-state index contributed by atoms with van der Waals surface area (Å²) in [5.74, 6) is 0.735. The minimum Gasteiger partial charge on any atom is -0.372 e. The van der Waals surface area contributed by atoms with E-state index in [-0.39, 0.29) is 18.1 Å². The van der Waals surface area contributed by atoms with E-state index >= 15 is 0 Å². The Kier molecular flexibility index (Phi) is 5.64. The number of hydrogen-bond donors (Lipinski definition) is 2. The van der Waals surface area contributed by atoms with E-state index in [9.17, 15) is 4.79 Å². The summed E-state index contributed by atoms with van der Waals surface area (Å²) >= 11 is 3.51. The van der Waals surface area contributed by atoms with Crippen LogP contribution in [0.25, 0.3) is 0 Å². The van der Waals surface area contributed by atoms with Gasteiger partial charge in [0.1, 0.15) is 11.4 Å². The molecule has 1 amide bonds. The first-order chi connectivity index (χ1) is 13.8. The predicted molar refractivity (Wildman–Crippen MR) is 118 cm³/mol. The van der Waals surface area contributed by atoms with Crippen LogP contribution in [0.15, 0.2) is 41.0 Å². The number of benzene rings is 1. The summed E-state index contributed by atoms with van der Waals surface area (Å²) in [7, 11) is 0. The molecule has 6 nitrogen and oxygen atoms in total. The Hall–Kier alpha value is -1.96. The van der Waals surface area contributed by atoms with Gasteiger partial charge in [0.05, 0.1) is 24.1 Å². The fourth-order valence-corrected chi connectivity index (χ4v) is 4.66. The highest BCUT2D eigenvalue weighted by molar-refractivity contribution is 9.10. The van der Waals surface area contributed by atoms with Crippen molar-refractivity contribution in [2.75, 3.05) is 23.3 Å². The van der Waals surface area contributed by atoms with Crippen molar-refractivity contribution in [1.29, 1.82) is 0 Å². The van der Waals surface area contributed by atoms with Crippen molar-refractivity contribution in [2.24, 2.45) is 5.73 Å². The number of nitrogens with one attached hydrogen (secondary N) is 1. The zero-order chi connectivity index (χ0) is 20.6. The Morgan fingerprint density at radius 3 is 2.69 bits per heavy atom. The molecule has 0 bridgehead atoms. The van der Waals surface area contributed by atoms with Gasteiger partial charge in [-0.15, -0.1) is 0 Å². The molecule has 29 heavy (non-hydrogen) atoms. The number of carbonyl (C=O) groups is 1. The Bertz CT molecular complexity index is 894. The van der Waals surface area contributed by atoms with E-state index in [1.165, 1.54) is 5.56 Å². The zero-order valence-corrected chi connectivity index (χ0v) is 18.4. The lowest BCUT2D eigenvalue weighted by atomic mass is 9.78. The Labute approximate surface area is 180 Å². The fourth-order valence-electron chi connectivity index (χ4n) is 4.25. The molecule has 0 spiro atoms. The number of carbonyl (C=O) groups excluding carboxylic acids is 1. The third-order valence-corrected chi connectivity index (χ3v) is 6.21. The highest BCUT2D eigenvalue weighted by Gasteiger charge is 2.37. The maximum Gasteiger partial charge on any atom is 0.244 e. The van der Waals surface area contributed by atoms with E-state index in [2.05, 4.69) is 51.0 Å². The quantitative estimate of drug-likeness (QED) is 0.737. The third kappa shape index (κ3) is 4.47. The van der Waals surface area contributed by atoms with E-state index in [0.29, 0.717) is 18.5 Å². The van der Waals surface area contributed by atoms with E-state index in [4.69, 9.17) is 10.5 Å². The number of morpholine rings is 1. The zero-order valence-electron chi connectivity index (χ0n) is 16.8. The Balaban J connectivity index is 1.42. The maximum atomic E-state index is 12.9. The molecule has 3 N–H and O–H groups in total. The Morgan fingerprint density at radius 1 is 1.24 bits per heavy atom. The predicted octanol–water partition coefficient (Wildman–Crippen LogP) is 3.28. The van der Waals surface area contributed by atoms with Crippen molar-refractivity contribution in [3.05, 3.63) is 52.1 Å². The molecular formula is C22H27BrN4O2. The molecule has 7 heteroatoms. The largest absolute Gasteiger partial charge is 0.372 e. The molecule has 3 atom stereocenters. The first-order valence-corrected chi connectivity index (χ1v) is 10.9. The first kappa shape index (κ1) is 20.3. The lowest BCUT2D eigenvalue weighted by molar-refractivity contribution is -0.121. The number of aryl methyl sites for hydroxylation is 1. The van der Waals surface area contributed by atoms with E-state index < -0.39 is 5.54 Å². The van der Waals surface area contributed by atoms with Crippen LogP contribution in [-0.2, 0) is 22.4 Å². The van der Waals surface area contributed by atoms with Crippen LogP contribution in [0.1, 0.15) is 31.4 Å². The summed E-state index contributed by atoms with van der Waals surface area (Å²) in [6.07, 6.45) is 4.01. The molecule has 154 valence electrons. The fraction of sp³-hybridized carbons (Fsp3) is 0.455. The van der Waals surface area contributed by atoms with Crippen LogP contribution in [-0.4, -0.2) is 41.7 Å². The average molecular weight is 459 g/mol.